The maximum Gasteiger partial charge on any atom is 0.266 e. The smallest absolute Gasteiger partial charge is 0.266 e. The molecule has 0 unspecified atom stereocenters. The zero-order valence-electron chi connectivity index (χ0n) is 12.1. The van der Waals surface area contributed by atoms with Gasteiger partial charge in [-0.1, -0.05) is 48.0 Å². The molecule has 0 spiro atoms. The molecule has 0 bridgehead atoms. The van der Waals surface area contributed by atoms with E-state index in [1.165, 1.54) is 0 Å². The number of benzene rings is 2. The number of nitrogens with zero attached hydrogens (tertiary/aromatic N) is 1. The van der Waals surface area contributed by atoms with Crippen LogP contribution in [0.15, 0.2) is 53.3 Å². The summed E-state index contributed by atoms with van der Waals surface area (Å²) in [4.78, 5) is 15.3. The Balaban J connectivity index is 2.07. The number of aromatic amines is 1. The second kappa shape index (κ2) is 5.12. The van der Waals surface area contributed by atoms with Gasteiger partial charge in [0.05, 0.1) is 5.69 Å². The molecule has 0 saturated carbocycles. The topological polar surface area (TPSA) is 56.6 Å². The van der Waals surface area contributed by atoms with Crippen LogP contribution in [0.5, 0.6) is 0 Å². The monoisotopic (exact) mass is 318 g/mol. The van der Waals surface area contributed by atoms with Crippen LogP contribution in [0.2, 0.25) is 5.02 Å². The highest BCUT2D eigenvalue weighted by Crippen LogP contribution is 2.40. The molecular formula is C19H11ClN2O. The zero-order chi connectivity index (χ0) is 16.0. The average Bonchev–Trinajstić information content (AvgIpc) is 2.93. The van der Waals surface area contributed by atoms with E-state index in [2.05, 4.69) is 11.1 Å². The van der Waals surface area contributed by atoms with Crippen LogP contribution in [0.4, 0.5) is 0 Å². The number of rotatable bonds is 1. The van der Waals surface area contributed by atoms with Crippen LogP contribution in [-0.4, -0.2) is 4.98 Å². The van der Waals surface area contributed by atoms with Gasteiger partial charge in [0.25, 0.3) is 5.56 Å². The fourth-order valence-electron chi connectivity index (χ4n) is 3.20. The summed E-state index contributed by atoms with van der Waals surface area (Å²) >= 11 is 5.96. The summed E-state index contributed by atoms with van der Waals surface area (Å²) in [6, 6.07) is 17.3. The van der Waals surface area contributed by atoms with E-state index in [1.54, 1.807) is 12.1 Å². The van der Waals surface area contributed by atoms with Crippen LogP contribution >= 0.6 is 11.6 Å². The van der Waals surface area contributed by atoms with Gasteiger partial charge in [0.1, 0.15) is 11.6 Å². The van der Waals surface area contributed by atoms with Crippen LogP contribution in [0.3, 0.4) is 0 Å². The van der Waals surface area contributed by atoms with Crippen molar-refractivity contribution in [3.63, 3.8) is 0 Å². The van der Waals surface area contributed by atoms with Crippen molar-refractivity contribution in [2.75, 3.05) is 0 Å². The van der Waals surface area contributed by atoms with Crippen molar-refractivity contribution in [1.82, 2.24) is 4.98 Å². The SMILES string of the molecule is N#Cc1c(-c2ccc(Cl)cc2)c2c([nH]c1=O)-c1ccccc1C2. The predicted octanol–water partition coefficient (Wildman–Crippen LogP) is 4.14. The highest BCUT2D eigenvalue weighted by atomic mass is 35.5. The van der Waals surface area contributed by atoms with Gasteiger partial charge in [-0.05, 0) is 28.8 Å². The van der Waals surface area contributed by atoms with Crippen LogP contribution in [0.1, 0.15) is 16.7 Å². The van der Waals surface area contributed by atoms with Gasteiger partial charge in [-0.25, -0.2) is 0 Å². The number of hydrogen-bond acceptors (Lipinski definition) is 2. The largest absolute Gasteiger partial charge is 0.320 e. The number of nitriles is 1. The zero-order valence-corrected chi connectivity index (χ0v) is 12.8. The molecule has 23 heavy (non-hydrogen) atoms. The molecule has 1 N–H and O–H groups in total. The number of halogens is 1. The van der Waals surface area contributed by atoms with Gasteiger partial charge in [-0.2, -0.15) is 5.26 Å². The van der Waals surface area contributed by atoms with E-state index in [0.29, 0.717) is 17.0 Å². The summed E-state index contributed by atoms with van der Waals surface area (Å²) in [5.74, 6) is 0. The van der Waals surface area contributed by atoms with Crippen LogP contribution in [0, 0.1) is 11.3 Å². The molecule has 0 fully saturated rings. The lowest BCUT2D eigenvalue weighted by Gasteiger charge is -2.11. The Morgan fingerprint density at radius 2 is 1.83 bits per heavy atom. The molecule has 3 nitrogen and oxygen atoms in total. The number of nitrogens with one attached hydrogen (secondary N) is 1. The predicted molar refractivity (Wildman–Crippen MR) is 90.5 cm³/mol. The van der Waals surface area contributed by atoms with E-state index < -0.39 is 0 Å². The average molecular weight is 319 g/mol. The van der Waals surface area contributed by atoms with Crippen molar-refractivity contribution in [2.45, 2.75) is 6.42 Å². The molecule has 0 aliphatic heterocycles. The lowest BCUT2D eigenvalue weighted by atomic mass is 9.94. The Morgan fingerprint density at radius 3 is 2.57 bits per heavy atom. The quantitative estimate of drug-likeness (QED) is 0.573. The third kappa shape index (κ3) is 2.08. The van der Waals surface area contributed by atoms with E-state index in [9.17, 15) is 10.1 Å². The van der Waals surface area contributed by atoms with E-state index in [-0.39, 0.29) is 11.1 Å². The minimum Gasteiger partial charge on any atom is -0.320 e. The summed E-state index contributed by atoms with van der Waals surface area (Å²) in [5.41, 5.74) is 5.33. The lowest BCUT2D eigenvalue weighted by molar-refractivity contribution is 1.17. The molecular weight excluding hydrogens is 308 g/mol. The Morgan fingerprint density at radius 1 is 1.09 bits per heavy atom. The Kier molecular flexibility index (Phi) is 3.07. The minimum absolute atomic E-state index is 0.152. The van der Waals surface area contributed by atoms with Gasteiger partial charge in [0, 0.05) is 22.6 Å². The number of pyridine rings is 1. The molecule has 4 heteroatoms. The summed E-state index contributed by atoms with van der Waals surface area (Å²) < 4.78 is 0. The molecule has 1 aromatic heterocycles. The molecule has 1 aliphatic rings. The van der Waals surface area contributed by atoms with E-state index in [1.807, 2.05) is 36.4 Å². The maximum absolute atomic E-state index is 12.4. The molecule has 3 aromatic rings. The molecule has 110 valence electrons. The standard InChI is InChI=1S/C19H11ClN2O/c20-13-7-5-11(6-8-13)17-15-9-12-3-1-2-4-14(12)18(15)22-19(23)16(17)10-21/h1-8H,9H2,(H,22,23). The van der Waals surface area contributed by atoms with Crippen LogP contribution in [0.25, 0.3) is 22.4 Å². The summed E-state index contributed by atoms with van der Waals surface area (Å²) in [6.07, 6.45) is 0.703. The fraction of sp³-hybridized carbons (Fsp3) is 0.0526. The molecule has 0 radical (unpaired) electrons. The first kappa shape index (κ1) is 13.8. The number of aromatic nitrogens is 1. The van der Waals surface area contributed by atoms with E-state index >= 15 is 0 Å². The molecule has 0 amide bonds. The van der Waals surface area contributed by atoms with Crippen LogP contribution < -0.4 is 5.56 Å². The summed E-state index contributed by atoms with van der Waals surface area (Å²) in [6.45, 7) is 0. The minimum atomic E-state index is -0.354. The molecule has 4 rings (SSSR count). The number of H-pyrrole nitrogens is 1. The van der Waals surface area contributed by atoms with Crippen molar-refractivity contribution >= 4 is 11.6 Å². The Bertz CT molecular complexity index is 1030. The first-order valence-corrected chi connectivity index (χ1v) is 7.60. The molecule has 1 aliphatic carbocycles. The van der Waals surface area contributed by atoms with Crippen molar-refractivity contribution in [2.24, 2.45) is 0 Å². The second-order valence-corrected chi connectivity index (χ2v) is 5.95. The molecule has 1 heterocycles. The summed E-state index contributed by atoms with van der Waals surface area (Å²) in [7, 11) is 0. The van der Waals surface area contributed by atoms with Crippen molar-refractivity contribution in [1.29, 1.82) is 5.26 Å². The lowest BCUT2D eigenvalue weighted by Crippen LogP contribution is -2.14. The number of hydrogen-bond donors (Lipinski definition) is 1. The Labute approximate surface area is 137 Å². The number of fused-ring (bicyclic) bond motifs is 3. The first-order valence-electron chi connectivity index (χ1n) is 7.22. The highest BCUT2D eigenvalue weighted by molar-refractivity contribution is 6.30. The van der Waals surface area contributed by atoms with Gasteiger partial charge < -0.3 is 4.98 Å². The Hall–Kier alpha value is -2.83. The van der Waals surface area contributed by atoms with Crippen molar-refractivity contribution in [3.8, 4) is 28.5 Å². The van der Waals surface area contributed by atoms with Crippen LogP contribution in [-0.2, 0) is 6.42 Å². The third-order valence-electron chi connectivity index (χ3n) is 4.22. The highest BCUT2D eigenvalue weighted by Gasteiger charge is 2.26. The normalized spacial score (nSPS) is 11.7. The molecule has 2 aromatic carbocycles. The fourth-order valence-corrected chi connectivity index (χ4v) is 3.32. The summed E-state index contributed by atoms with van der Waals surface area (Å²) in [5, 5.41) is 10.1. The maximum atomic E-state index is 12.4. The molecule has 0 saturated heterocycles. The van der Waals surface area contributed by atoms with Gasteiger partial charge in [-0.3, -0.25) is 4.79 Å². The molecule has 0 atom stereocenters. The van der Waals surface area contributed by atoms with Gasteiger partial charge in [0.15, 0.2) is 0 Å². The van der Waals surface area contributed by atoms with Crippen molar-refractivity contribution in [3.05, 3.63) is 80.6 Å². The van der Waals surface area contributed by atoms with Gasteiger partial charge in [-0.15, -0.1) is 0 Å². The van der Waals surface area contributed by atoms with Gasteiger partial charge >= 0.3 is 0 Å². The third-order valence-corrected chi connectivity index (χ3v) is 4.47. The first-order chi connectivity index (χ1) is 11.2. The van der Waals surface area contributed by atoms with Gasteiger partial charge in [0.2, 0.25) is 0 Å². The second-order valence-electron chi connectivity index (χ2n) is 5.51. The van der Waals surface area contributed by atoms with E-state index in [0.717, 1.165) is 27.9 Å². The van der Waals surface area contributed by atoms with E-state index in [4.69, 9.17) is 11.6 Å². The van der Waals surface area contributed by atoms with Crippen molar-refractivity contribution < 1.29 is 0 Å².